The van der Waals surface area contributed by atoms with Crippen molar-refractivity contribution < 1.29 is 8.42 Å². The van der Waals surface area contributed by atoms with Crippen LogP contribution in [0.5, 0.6) is 0 Å². The minimum atomic E-state index is -3.39. The molecule has 7 heteroatoms. The molecule has 1 heterocycles. The Morgan fingerprint density at radius 1 is 1.29 bits per heavy atom. The molecule has 21 heavy (non-hydrogen) atoms. The largest absolute Gasteiger partial charge is 0.267 e. The second kappa shape index (κ2) is 6.00. The predicted molar refractivity (Wildman–Crippen MR) is 82.6 cm³/mol. The molecule has 0 aliphatic carbocycles. The molecule has 0 aliphatic rings. The van der Waals surface area contributed by atoms with Gasteiger partial charge in [-0.3, -0.25) is 4.68 Å². The van der Waals surface area contributed by atoms with Crippen molar-refractivity contribution in [3.8, 4) is 6.07 Å². The van der Waals surface area contributed by atoms with Crippen molar-refractivity contribution in [2.75, 3.05) is 5.75 Å². The van der Waals surface area contributed by atoms with Crippen LogP contribution in [0.1, 0.15) is 17.0 Å². The Hall–Kier alpha value is -1.65. The van der Waals surface area contributed by atoms with Crippen molar-refractivity contribution >= 4 is 25.8 Å². The number of rotatable bonds is 4. The number of benzene rings is 1. The van der Waals surface area contributed by atoms with E-state index in [-0.39, 0.29) is 10.6 Å². The third-order valence-corrected chi connectivity index (χ3v) is 6.07. The molecule has 0 spiro atoms. The van der Waals surface area contributed by atoms with Gasteiger partial charge in [0.15, 0.2) is 9.84 Å². The molecule has 0 fully saturated rings. The summed E-state index contributed by atoms with van der Waals surface area (Å²) in [6.45, 7) is 4.04. The third kappa shape index (κ3) is 3.34. The maximum absolute atomic E-state index is 12.3. The highest BCUT2D eigenvalue weighted by Gasteiger charge is 2.16. The average Bonchev–Trinajstić information content (AvgIpc) is 2.72. The normalized spacial score (nSPS) is 11.3. The molecule has 0 unspecified atom stereocenters. The lowest BCUT2D eigenvalue weighted by Gasteiger charge is -2.06. The second-order valence-electron chi connectivity index (χ2n) is 4.66. The average molecular weight is 368 g/mol. The van der Waals surface area contributed by atoms with Gasteiger partial charge in [-0.25, -0.2) is 8.42 Å². The number of aromatic nitrogens is 2. The molecule has 0 bridgehead atoms. The first-order chi connectivity index (χ1) is 9.85. The monoisotopic (exact) mass is 367 g/mol. The highest BCUT2D eigenvalue weighted by Crippen LogP contribution is 2.20. The summed E-state index contributed by atoms with van der Waals surface area (Å²) in [6, 6.07) is 7.91. The molecule has 2 rings (SSSR count). The molecule has 0 N–H and O–H groups in total. The summed E-state index contributed by atoms with van der Waals surface area (Å²) >= 11 is 3.42. The van der Waals surface area contributed by atoms with Crippen molar-refractivity contribution in [3.05, 3.63) is 45.7 Å². The molecular weight excluding hydrogens is 354 g/mol. The van der Waals surface area contributed by atoms with E-state index in [1.807, 2.05) is 19.9 Å². The SMILES string of the molecule is Cc1nn(CCS(=O)(=O)c2ccc(C#N)cc2)c(C)c1Br. The lowest BCUT2D eigenvalue weighted by Crippen LogP contribution is -2.15. The van der Waals surface area contributed by atoms with Crippen LogP contribution in [0.25, 0.3) is 0 Å². The van der Waals surface area contributed by atoms with Crippen LogP contribution in [0, 0.1) is 25.2 Å². The van der Waals surface area contributed by atoms with E-state index >= 15 is 0 Å². The van der Waals surface area contributed by atoms with Gasteiger partial charge in [0.05, 0.1) is 39.0 Å². The van der Waals surface area contributed by atoms with Crippen LogP contribution in [-0.2, 0) is 16.4 Å². The summed E-state index contributed by atoms with van der Waals surface area (Å²) in [5.41, 5.74) is 2.18. The van der Waals surface area contributed by atoms with Crippen LogP contribution in [0.4, 0.5) is 0 Å². The Bertz CT molecular complexity index is 802. The van der Waals surface area contributed by atoms with Crippen molar-refractivity contribution in [2.45, 2.75) is 25.3 Å². The van der Waals surface area contributed by atoms with Crippen LogP contribution >= 0.6 is 15.9 Å². The minimum absolute atomic E-state index is 0.0344. The van der Waals surface area contributed by atoms with Gasteiger partial charge in [0, 0.05) is 5.69 Å². The molecule has 1 aromatic carbocycles. The predicted octanol–water partition coefficient (Wildman–Crippen LogP) is 2.61. The maximum Gasteiger partial charge on any atom is 0.180 e. The Balaban J connectivity index is 2.17. The molecule has 0 radical (unpaired) electrons. The molecule has 5 nitrogen and oxygen atoms in total. The molecule has 110 valence electrons. The van der Waals surface area contributed by atoms with E-state index in [1.54, 1.807) is 4.68 Å². The molecule has 0 saturated carbocycles. The van der Waals surface area contributed by atoms with Crippen molar-refractivity contribution in [2.24, 2.45) is 0 Å². The second-order valence-corrected chi connectivity index (χ2v) is 7.57. The minimum Gasteiger partial charge on any atom is -0.267 e. The molecule has 1 aromatic heterocycles. The van der Waals surface area contributed by atoms with Crippen molar-refractivity contribution in [1.29, 1.82) is 5.26 Å². The summed E-state index contributed by atoms with van der Waals surface area (Å²) in [7, 11) is -3.39. The number of aryl methyl sites for hydroxylation is 2. The summed E-state index contributed by atoms with van der Waals surface area (Å²) < 4.78 is 27.1. The van der Waals surface area contributed by atoms with Gasteiger partial charge < -0.3 is 0 Å². The molecule has 0 amide bonds. The van der Waals surface area contributed by atoms with Gasteiger partial charge in [-0.2, -0.15) is 10.4 Å². The van der Waals surface area contributed by atoms with E-state index in [0.29, 0.717) is 12.1 Å². The van der Waals surface area contributed by atoms with Gasteiger partial charge in [0.25, 0.3) is 0 Å². The molecule has 2 aromatic rings. The van der Waals surface area contributed by atoms with Gasteiger partial charge in [0.1, 0.15) is 0 Å². The Morgan fingerprint density at radius 2 is 1.90 bits per heavy atom. The fourth-order valence-corrected chi connectivity index (χ4v) is 3.44. The lowest BCUT2D eigenvalue weighted by molar-refractivity contribution is 0.576. The van der Waals surface area contributed by atoms with E-state index in [9.17, 15) is 8.42 Å². The van der Waals surface area contributed by atoms with Crippen LogP contribution in [0.3, 0.4) is 0 Å². The quantitative estimate of drug-likeness (QED) is 0.831. The summed E-state index contributed by atoms with van der Waals surface area (Å²) in [4.78, 5) is 0.224. The van der Waals surface area contributed by atoms with Crippen LogP contribution in [0.2, 0.25) is 0 Å². The Morgan fingerprint density at radius 3 is 2.38 bits per heavy atom. The number of nitrogens with zero attached hydrogens (tertiary/aromatic N) is 3. The molecular formula is C14H14BrN3O2S. The zero-order valence-electron chi connectivity index (χ0n) is 11.7. The first kappa shape index (κ1) is 15.7. The summed E-state index contributed by atoms with van der Waals surface area (Å²) in [5, 5.41) is 13.0. The van der Waals surface area contributed by atoms with Crippen LogP contribution in [0.15, 0.2) is 33.6 Å². The van der Waals surface area contributed by atoms with Gasteiger partial charge in [0.2, 0.25) is 0 Å². The zero-order valence-corrected chi connectivity index (χ0v) is 14.1. The lowest BCUT2D eigenvalue weighted by atomic mass is 10.2. The number of hydrogen-bond acceptors (Lipinski definition) is 4. The van der Waals surface area contributed by atoms with E-state index in [1.165, 1.54) is 24.3 Å². The smallest absolute Gasteiger partial charge is 0.180 e. The van der Waals surface area contributed by atoms with E-state index in [4.69, 9.17) is 5.26 Å². The standard InChI is InChI=1S/C14H14BrN3O2S/c1-10-14(15)11(2)18(17-10)7-8-21(19,20)13-5-3-12(9-16)4-6-13/h3-6H,7-8H2,1-2H3. The maximum atomic E-state index is 12.3. The fourth-order valence-electron chi connectivity index (χ4n) is 1.95. The van der Waals surface area contributed by atoms with Crippen LogP contribution in [-0.4, -0.2) is 24.0 Å². The van der Waals surface area contributed by atoms with E-state index in [0.717, 1.165) is 15.9 Å². The van der Waals surface area contributed by atoms with Gasteiger partial charge >= 0.3 is 0 Å². The topological polar surface area (TPSA) is 75.8 Å². The first-order valence-corrected chi connectivity index (χ1v) is 8.72. The fraction of sp³-hybridized carbons (Fsp3) is 0.286. The zero-order chi connectivity index (χ0) is 15.6. The van der Waals surface area contributed by atoms with Crippen molar-refractivity contribution in [1.82, 2.24) is 9.78 Å². The highest BCUT2D eigenvalue weighted by molar-refractivity contribution is 9.10. The highest BCUT2D eigenvalue weighted by atomic mass is 79.9. The van der Waals surface area contributed by atoms with Crippen molar-refractivity contribution in [3.63, 3.8) is 0 Å². The Labute approximate surface area is 132 Å². The van der Waals surface area contributed by atoms with E-state index in [2.05, 4.69) is 21.0 Å². The van der Waals surface area contributed by atoms with Crippen LogP contribution < -0.4 is 0 Å². The summed E-state index contributed by atoms with van der Waals surface area (Å²) in [5.74, 6) is -0.0344. The van der Waals surface area contributed by atoms with E-state index < -0.39 is 9.84 Å². The third-order valence-electron chi connectivity index (χ3n) is 3.21. The summed E-state index contributed by atoms with van der Waals surface area (Å²) in [6.07, 6.45) is 0. The molecule has 0 saturated heterocycles. The number of hydrogen-bond donors (Lipinski definition) is 0. The Kier molecular flexibility index (Phi) is 4.49. The molecule has 0 atom stereocenters. The number of halogens is 1. The first-order valence-electron chi connectivity index (χ1n) is 6.27. The van der Waals surface area contributed by atoms with Gasteiger partial charge in [-0.05, 0) is 54.0 Å². The molecule has 0 aliphatic heterocycles. The van der Waals surface area contributed by atoms with Gasteiger partial charge in [-0.1, -0.05) is 0 Å². The van der Waals surface area contributed by atoms with Gasteiger partial charge in [-0.15, -0.1) is 0 Å². The number of nitriles is 1. The number of sulfone groups is 1.